The molecule has 0 aromatic carbocycles. The SMILES string of the molecule is CNS(=O)(=O)CCNS(=O)(=O)CCCC(=O)OC. The monoisotopic (exact) mass is 302 g/mol. The van der Waals surface area contributed by atoms with Crippen molar-refractivity contribution in [1.29, 1.82) is 0 Å². The molecule has 0 aliphatic carbocycles. The number of sulfonamides is 2. The number of rotatable bonds is 9. The number of carbonyl (C=O) groups is 1. The standard InChI is InChI=1S/C8H18N2O6S2/c1-9-17(12,13)7-5-10-18(14,15)6-3-4-8(11)16-2/h9-10H,3-7H2,1-2H3. The minimum atomic E-state index is -3.57. The Bertz CT molecular complexity index is 456. The minimum absolute atomic E-state index is 0.00617. The molecule has 0 rings (SSSR count). The molecule has 0 aromatic rings. The van der Waals surface area contributed by atoms with E-state index in [2.05, 4.69) is 14.2 Å². The van der Waals surface area contributed by atoms with E-state index in [1.165, 1.54) is 14.2 Å². The number of methoxy groups -OCH3 is 1. The summed E-state index contributed by atoms with van der Waals surface area (Å²) in [7, 11) is -4.53. The van der Waals surface area contributed by atoms with Gasteiger partial charge in [0.2, 0.25) is 20.0 Å². The van der Waals surface area contributed by atoms with Crippen molar-refractivity contribution in [1.82, 2.24) is 9.44 Å². The van der Waals surface area contributed by atoms with Gasteiger partial charge in [0.15, 0.2) is 0 Å². The average Bonchev–Trinajstić information content (AvgIpc) is 2.28. The van der Waals surface area contributed by atoms with Crippen LogP contribution in [0.3, 0.4) is 0 Å². The van der Waals surface area contributed by atoms with Crippen molar-refractivity contribution < 1.29 is 26.4 Å². The molecule has 2 N–H and O–H groups in total. The van der Waals surface area contributed by atoms with E-state index in [1.54, 1.807) is 0 Å². The van der Waals surface area contributed by atoms with Crippen LogP contribution in [0.25, 0.3) is 0 Å². The van der Waals surface area contributed by atoms with Crippen molar-refractivity contribution >= 4 is 26.0 Å². The van der Waals surface area contributed by atoms with E-state index in [4.69, 9.17) is 0 Å². The van der Waals surface area contributed by atoms with Crippen LogP contribution in [0.15, 0.2) is 0 Å². The van der Waals surface area contributed by atoms with Gasteiger partial charge in [-0.15, -0.1) is 0 Å². The summed E-state index contributed by atoms with van der Waals surface area (Å²) in [6.07, 6.45) is 0.132. The lowest BCUT2D eigenvalue weighted by Crippen LogP contribution is -2.34. The Labute approximate surface area is 107 Å². The summed E-state index contributed by atoms with van der Waals surface area (Å²) in [4.78, 5) is 10.8. The molecule has 0 amide bonds. The van der Waals surface area contributed by atoms with E-state index in [1.807, 2.05) is 0 Å². The van der Waals surface area contributed by atoms with Crippen LogP contribution in [0.5, 0.6) is 0 Å². The highest BCUT2D eigenvalue weighted by molar-refractivity contribution is 7.90. The van der Waals surface area contributed by atoms with Gasteiger partial charge in [0.1, 0.15) is 0 Å². The third-order valence-electron chi connectivity index (χ3n) is 2.03. The summed E-state index contributed by atoms with van der Waals surface area (Å²) >= 11 is 0. The normalized spacial score (nSPS) is 12.3. The van der Waals surface area contributed by atoms with Crippen LogP contribution in [0.2, 0.25) is 0 Å². The number of hydrogen-bond acceptors (Lipinski definition) is 6. The summed E-state index contributed by atoms with van der Waals surface area (Å²) in [6.45, 7) is -0.205. The molecular weight excluding hydrogens is 284 g/mol. The predicted octanol–water partition coefficient (Wildman–Crippen LogP) is -1.59. The molecule has 0 spiro atoms. The molecule has 0 unspecified atom stereocenters. The van der Waals surface area contributed by atoms with Crippen LogP contribution in [0.1, 0.15) is 12.8 Å². The molecule has 10 heteroatoms. The van der Waals surface area contributed by atoms with Crippen molar-refractivity contribution in [2.24, 2.45) is 0 Å². The fourth-order valence-electron chi connectivity index (χ4n) is 1.01. The summed E-state index contributed by atoms with van der Waals surface area (Å²) in [5.41, 5.74) is 0. The Balaban J connectivity index is 3.99. The van der Waals surface area contributed by atoms with Gasteiger partial charge in [0.05, 0.1) is 18.6 Å². The Morgan fingerprint density at radius 2 is 1.72 bits per heavy atom. The maximum Gasteiger partial charge on any atom is 0.305 e. The zero-order valence-electron chi connectivity index (χ0n) is 10.3. The third kappa shape index (κ3) is 8.39. The first kappa shape index (κ1) is 17.3. The van der Waals surface area contributed by atoms with Crippen LogP contribution < -0.4 is 9.44 Å². The van der Waals surface area contributed by atoms with Gasteiger partial charge in [-0.25, -0.2) is 26.3 Å². The number of nitrogens with one attached hydrogen (secondary N) is 2. The van der Waals surface area contributed by atoms with Gasteiger partial charge in [-0.3, -0.25) is 4.79 Å². The lowest BCUT2D eigenvalue weighted by atomic mass is 10.3. The van der Waals surface area contributed by atoms with Gasteiger partial charge in [-0.2, -0.15) is 0 Å². The fraction of sp³-hybridized carbons (Fsp3) is 0.875. The third-order valence-corrected chi connectivity index (χ3v) is 4.86. The number of hydrogen-bond donors (Lipinski definition) is 2. The van der Waals surface area contributed by atoms with Gasteiger partial charge >= 0.3 is 5.97 Å². The molecule has 0 radical (unpaired) electrons. The molecule has 0 aliphatic rings. The topological polar surface area (TPSA) is 119 Å². The molecule has 8 nitrogen and oxygen atoms in total. The summed E-state index contributed by atoms with van der Waals surface area (Å²) in [5.74, 6) is -1.07. The minimum Gasteiger partial charge on any atom is -0.469 e. The van der Waals surface area contributed by atoms with Gasteiger partial charge in [0.25, 0.3) is 0 Å². The van der Waals surface area contributed by atoms with E-state index in [0.29, 0.717) is 0 Å². The van der Waals surface area contributed by atoms with Crippen LogP contribution in [-0.2, 0) is 29.6 Å². The van der Waals surface area contributed by atoms with Gasteiger partial charge < -0.3 is 4.74 Å². The first-order valence-corrected chi connectivity index (χ1v) is 8.48. The Hall–Kier alpha value is -0.710. The number of esters is 1. The van der Waals surface area contributed by atoms with Crippen molar-refractivity contribution in [3.8, 4) is 0 Å². The van der Waals surface area contributed by atoms with Crippen molar-refractivity contribution in [3.63, 3.8) is 0 Å². The van der Waals surface area contributed by atoms with E-state index in [-0.39, 0.29) is 30.9 Å². The Kier molecular flexibility index (Phi) is 7.36. The molecule has 0 atom stereocenters. The van der Waals surface area contributed by atoms with E-state index >= 15 is 0 Å². The maximum atomic E-state index is 11.4. The second kappa shape index (κ2) is 7.67. The van der Waals surface area contributed by atoms with Crippen LogP contribution in [0.4, 0.5) is 0 Å². The molecule has 0 fully saturated rings. The zero-order chi connectivity index (χ0) is 14.2. The molecule has 0 saturated heterocycles. The largest absolute Gasteiger partial charge is 0.469 e. The molecule has 0 saturated carbocycles. The molecule has 0 aromatic heterocycles. The molecular formula is C8H18N2O6S2. The first-order valence-electron chi connectivity index (χ1n) is 5.18. The predicted molar refractivity (Wildman–Crippen MR) is 65.9 cm³/mol. The second-order valence-electron chi connectivity index (χ2n) is 3.42. The highest BCUT2D eigenvalue weighted by Crippen LogP contribution is 1.96. The van der Waals surface area contributed by atoms with Crippen molar-refractivity contribution in [2.45, 2.75) is 12.8 Å². The first-order chi connectivity index (χ1) is 8.22. The van der Waals surface area contributed by atoms with Crippen LogP contribution >= 0.6 is 0 Å². The molecule has 0 aliphatic heterocycles. The van der Waals surface area contributed by atoms with E-state index < -0.39 is 26.0 Å². The smallest absolute Gasteiger partial charge is 0.305 e. The summed E-state index contributed by atoms with van der Waals surface area (Å²) < 4.78 is 53.4. The Morgan fingerprint density at radius 3 is 2.22 bits per heavy atom. The molecule has 18 heavy (non-hydrogen) atoms. The van der Waals surface area contributed by atoms with E-state index in [0.717, 1.165) is 0 Å². The zero-order valence-corrected chi connectivity index (χ0v) is 11.9. The van der Waals surface area contributed by atoms with Crippen molar-refractivity contribution in [2.75, 3.05) is 32.2 Å². The highest BCUT2D eigenvalue weighted by atomic mass is 32.2. The molecule has 0 bridgehead atoms. The average molecular weight is 302 g/mol. The maximum absolute atomic E-state index is 11.4. The van der Waals surface area contributed by atoms with Gasteiger partial charge in [-0.05, 0) is 13.5 Å². The number of carbonyl (C=O) groups excluding carboxylic acids is 1. The van der Waals surface area contributed by atoms with Gasteiger partial charge in [0, 0.05) is 13.0 Å². The summed E-state index contributed by atoms with van der Waals surface area (Å²) in [6, 6.07) is 0. The quantitative estimate of drug-likeness (QED) is 0.496. The highest BCUT2D eigenvalue weighted by Gasteiger charge is 2.13. The van der Waals surface area contributed by atoms with Crippen LogP contribution in [0, 0.1) is 0 Å². The lowest BCUT2D eigenvalue weighted by Gasteiger charge is -2.06. The number of ether oxygens (including phenoxy) is 1. The molecule has 108 valence electrons. The second-order valence-corrected chi connectivity index (χ2v) is 7.39. The van der Waals surface area contributed by atoms with Crippen molar-refractivity contribution in [3.05, 3.63) is 0 Å². The lowest BCUT2D eigenvalue weighted by molar-refractivity contribution is -0.140. The fourth-order valence-corrected chi connectivity index (χ4v) is 2.80. The molecule has 0 heterocycles. The summed E-state index contributed by atoms with van der Waals surface area (Å²) in [5, 5.41) is 0. The van der Waals surface area contributed by atoms with Crippen LogP contribution in [-0.4, -0.2) is 55.0 Å². The Morgan fingerprint density at radius 1 is 1.11 bits per heavy atom. The van der Waals surface area contributed by atoms with E-state index in [9.17, 15) is 21.6 Å². The van der Waals surface area contributed by atoms with Gasteiger partial charge in [-0.1, -0.05) is 0 Å².